The van der Waals surface area contributed by atoms with Gasteiger partial charge in [-0.1, -0.05) is 0 Å². The average Bonchev–Trinajstić information content (AvgIpc) is 2.62. The molecule has 2 atom stereocenters. The predicted molar refractivity (Wildman–Crippen MR) is 64.4 cm³/mol. The lowest BCUT2D eigenvalue weighted by Gasteiger charge is -2.37. The van der Waals surface area contributed by atoms with Gasteiger partial charge in [-0.3, -0.25) is 9.78 Å². The van der Waals surface area contributed by atoms with Gasteiger partial charge in [0.25, 0.3) is 5.91 Å². The van der Waals surface area contributed by atoms with Crippen LogP contribution in [0.1, 0.15) is 36.0 Å². The van der Waals surface area contributed by atoms with E-state index in [1.54, 1.807) is 12.4 Å². The van der Waals surface area contributed by atoms with E-state index in [9.17, 15) is 4.79 Å². The standard InChI is InChI=1S/C13H17N3O/c14-10-6-11-3-4-12(7-10)16(11)13(17)9-2-1-5-15-8-9/h1-2,5,8,10-12H,3-4,6-7,14H2. The molecule has 17 heavy (non-hydrogen) atoms. The number of carbonyl (C=O) groups excluding carboxylic acids is 1. The second-order valence-electron chi connectivity index (χ2n) is 5.07. The van der Waals surface area contributed by atoms with Crippen molar-refractivity contribution >= 4 is 5.91 Å². The Hall–Kier alpha value is -1.42. The van der Waals surface area contributed by atoms with Gasteiger partial charge in [-0.2, -0.15) is 0 Å². The molecule has 0 spiro atoms. The minimum absolute atomic E-state index is 0.123. The van der Waals surface area contributed by atoms with Crippen molar-refractivity contribution in [3.8, 4) is 0 Å². The quantitative estimate of drug-likeness (QED) is 0.789. The second-order valence-corrected chi connectivity index (χ2v) is 5.07. The number of rotatable bonds is 1. The first kappa shape index (κ1) is 10.7. The average molecular weight is 231 g/mol. The van der Waals surface area contributed by atoms with E-state index in [1.165, 1.54) is 0 Å². The van der Waals surface area contributed by atoms with E-state index in [0.717, 1.165) is 25.7 Å². The number of hydrogen-bond donors (Lipinski definition) is 1. The van der Waals surface area contributed by atoms with Gasteiger partial charge in [-0.25, -0.2) is 0 Å². The third-order valence-corrected chi connectivity index (χ3v) is 3.91. The molecule has 3 rings (SSSR count). The molecular weight excluding hydrogens is 214 g/mol. The molecule has 2 saturated heterocycles. The van der Waals surface area contributed by atoms with E-state index >= 15 is 0 Å². The summed E-state index contributed by atoms with van der Waals surface area (Å²) in [6.07, 6.45) is 7.44. The molecule has 0 aliphatic carbocycles. The maximum Gasteiger partial charge on any atom is 0.255 e. The lowest BCUT2D eigenvalue weighted by molar-refractivity contribution is 0.0574. The van der Waals surface area contributed by atoms with Crippen molar-refractivity contribution in [1.29, 1.82) is 0 Å². The van der Waals surface area contributed by atoms with Crippen molar-refractivity contribution < 1.29 is 4.79 Å². The van der Waals surface area contributed by atoms with Crippen LogP contribution in [0.2, 0.25) is 0 Å². The Kier molecular flexibility index (Phi) is 2.59. The van der Waals surface area contributed by atoms with Gasteiger partial charge in [0.1, 0.15) is 0 Å². The van der Waals surface area contributed by atoms with Crippen molar-refractivity contribution in [2.45, 2.75) is 43.8 Å². The molecule has 4 nitrogen and oxygen atoms in total. The topological polar surface area (TPSA) is 59.2 Å². The molecule has 0 saturated carbocycles. The third-order valence-electron chi connectivity index (χ3n) is 3.91. The molecule has 2 aliphatic heterocycles. The summed E-state index contributed by atoms with van der Waals surface area (Å²) in [5, 5.41) is 0. The van der Waals surface area contributed by atoms with Gasteiger partial charge in [0.05, 0.1) is 5.56 Å². The Balaban J connectivity index is 1.84. The molecule has 0 radical (unpaired) electrons. The van der Waals surface area contributed by atoms with Crippen LogP contribution in [0.15, 0.2) is 24.5 Å². The number of nitrogens with zero attached hydrogens (tertiary/aromatic N) is 2. The van der Waals surface area contributed by atoms with Crippen molar-refractivity contribution in [2.75, 3.05) is 0 Å². The molecule has 2 bridgehead atoms. The van der Waals surface area contributed by atoms with Crippen molar-refractivity contribution in [3.63, 3.8) is 0 Å². The summed E-state index contributed by atoms with van der Waals surface area (Å²) < 4.78 is 0. The Morgan fingerprint density at radius 3 is 2.65 bits per heavy atom. The number of piperidine rings is 1. The van der Waals surface area contributed by atoms with Crippen LogP contribution in [0.4, 0.5) is 0 Å². The molecule has 2 unspecified atom stereocenters. The monoisotopic (exact) mass is 231 g/mol. The SMILES string of the molecule is NC1CC2CCC(C1)N2C(=O)c1cccnc1. The summed E-state index contributed by atoms with van der Waals surface area (Å²) in [4.78, 5) is 18.5. The van der Waals surface area contributed by atoms with Crippen LogP contribution in [0.5, 0.6) is 0 Å². The first-order chi connectivity index (χ1) is 8.25. The van der Waals surface area contributed by atoms with Crippen LogP contribution in [-0.2, 0) is 0 Å². The van der Waals surface area contributed by atoms with Gasteiger partial charge < -0.3 is 10.6 Å². The minimum Gasteiger partial charge on any atom is -0.333 e. The van der Waals surface area contributed by atoms with Gasteiger partial charge in [0.2, 0.25) is 0 Å². The summed E-state index contributed by atoms with van der Waals surface area (Å²) >= 11 is 0. The van der Waals surface area contributed by atoms with Crippen molar-refractivity contribution in [1.82, 2.24) is 9.88 Å². The van der Waals surface area contributed by atoms with Crippen LogP contribution in [0.25, 0.3) is 0 Å². The zero-order chi connectivity index (χ0) is 11.8. The molecule has 1 amide bonds. The highest BCUT2D eigenvalue weighted by Crippen LogP contribution is 2.35. The molecular formula is C13H17N3O. The largest absolute Gasteiger partial charge is 0.333 e. The van der Waals surface area contributed by atoms with Gasteiger partial charge in [-0.05, 0) is 37.8 Å². The fourth-order valence-corrected chi connectivity index (χ4v) is 3.19. The normalized spacial score (nSPS) is 31.6. The van der Waals surface area contributed by atoms with Gasteiger partial charge in [0, 0.05) is 30.5 Å². The van der Waals surface area contributed by atoms with Gasteiger partial charge in [-0.15, -0.1) is 0 Å². The Morgan fingerprint density at radius 1 is 1.35 bits per heavy atom. The summed E-state index contributed by atoms with van der Waals surface area (Å²) in [5.74, 6) is 0.123. The minimum atomic E-state index is 0.123. The van der Waals surface area contributed by atoms with Crippen LogP contribution in [-0.4, -0.2) is 33.9 Å². The molecule has 2 N–H and O–H groups in total. The first-order valence-corrected chi connectivity index (χ1v) is 6.24. The lowest BCUT2D eigenvalue weighted by Crippen LogP contribution is -2.50. The maximum absolute atomic E-state index is 12.4. The van der Waals surface area contributed by atoms with E-state index < -0.39 is 0 Å². The maximum atomic E-state index is 12.4. The third kappa shape index (κ3) is 1.82. The molecule has 0 aromatic carbocycles. The van der Waals surface area contributed by atoms with Crippen LogP contribution in [0, 0.1) is 0 Å². The Bertz CT molecular complexity index is 406. The zero-order valence-corrected chi connectivity index (χ0v) is 9.75. The van der Waals surface area contributed by atoms with Crippen LogP contribution >= 0.6 is 0 Å². The van der Waals surface area contributed by atoms with Gasteiger partial charge in [0.15, 0.2) is 0 Å². The second kappa shape index (κ2) is 4.11. The number of pyridine rings is 1. The Morgan fingerprint density at radius 2 is 2.06 bits per heavy atom. The zero-order valence-electron chi connectivity index (χ0n) is 9.75. The molecule has 1 aromatic rings. The van der Waals surface area contributed by atoms with E-state index in [1.807, 2.05) is 17.0 Å². The number of nitrogens with two attached hydrogens (primary N) is 1. The van der Waals surface area contributed by atoms with E-state index in [0.29, 0.717) is 17.6 Å². The van der Waals surface area contributed by atoms with Gasteiger partial charge >= 0.3 is 0 Å². The molecule has 1 aromatic heterocycles. The molecule has 2 fully saturated rings. The van der Waals surface area contributed by atoms with Crippen LogP contribution < -0.4 is 5.73 Å². The fraction of sp³-hybridized carbons (Fsp3) is 0.538. The van der Waals surface area contributed by atoms with Crippen molar-refractivity contribution in [3.05, 3.63) is 30.1 Å². The molecule has 3 heterocycles. The van der Waals surface area contributed by atoms with Crippen LogP contribution in [0.3, 0.4) is 0 Å². The summed E-state index contributed by atoms with van der Waals surface area (Å²) in [6.45, 7) is 0. The highest BCUT2D eigenvalue weighted by atomic mass is 16.2. The number of carbonyl (C=O) groups is 1. The smallest absolute Gasteiger partial charge is 0.255 e. The van der Waals surface area contributed by atoms with E-state index in [4.69, 9.17) is 5.73 Å². The number of amides is 1. The summed E-state index contributed by atoms with van der Waals surface area (Å²) in [5.41, 5.74) is 6.70. The van der Waals surface area contributed by atoms with E-state index in [2.05, 4.69) is 4.98 Å². The Labute approximate surface area is 101 Å². The number of aromatic nitrogens is 1. The number of hydrogen-bond acceptors (Lipinski definition) is 3. The summed E-state index contributed by atoms with van der Waals surface area (Å²) in [6, 6.07) is 4.60. The van der Waals surface area contributed by atoms with E-state index in [-0.39, 0.29) is 11.9 Å². The predicted octanol–water partition coefficient (Wildman–Crippen LogP) is 1.18. The fourth-order valence-electron chi connectivity index (χ4n) is 3.19. The molecule has 90 valence electrons. The number of fused-ring (bicyclic) bond motifs is 2. The highest BCUT2D eigenvalue weighted by Gasteiger charge is 2.42. The molecule has 4 heteroatoms. The summed E-state index contributed by atoms with van der Waals surface area (Å²) in [7, 11) is 0. The highest BCUT2D eigenvalue weighted by molar-refractivity contribution is 5.94. The lowest BCUT2D eigenvalue weighted by atomic mass is 9.97. The van der Waals surface area contributed by atoms with Crippen molar-refractivity contribution in [2.24, 2.45) is 5.73 Å². The first-order valence-electron chi connectivity index (χ1n) is 6.24. The molecule has 2 aliphatic rings.